The van der Waals surface area contributed by atoms with Crippen LogP contribution in [0.4, 0.5) is 5.69 Å². The number of anilines is 1. The summed E-state index contributed by atoms with van der Waals surface area (Å²) in [5.41, 5.74) is 8.20. The third-order valence-corrected chi connectivity index (χ3v) is 3.72. The maximum Gasteiger partial charge on any atom is 0.0459 e. The molecule has 1 aliphatic heterocycles. The predicted molar refractivity (Wildman–Crippen MR) is 74.8 cm³/mol. The van der Waals surface area contributed by atoms with E-state index in [1.54, 1.807) is 0 Å². The van der Waals surface area contributed by atoms with Gasteiger partial charge >= 0.3 is 0 Å². The lowest BCUT2D eigenvalue weighted by Crippen LogP contribution is -2.20. The summed E-state index contributed by atoms with van der Waals surface area (Å²) >= 11 is 6.31. The zero-order valence-electron chi connectivity index (χ0n) is 10.6. The zero-order chi connectivity index (χ0) is 12.4. The number of nitrogens with two attached hydrogens (primary N) is 1. The monoisotopic (exact) mass is 252 g/mol. The molecule has 0 aliphatic carbocycles. The van der Waals surface area contributed by atoms with Gasteiger partial charge in [-0.25, -0.2) is 0 Å². The molecule has 1 aromatic rings. The highest BCUT2D eigenvalue weighted by atomic mass is 35.5. The van der Waals surface area contributed by atoms with Gasteiger partial charge in [0.25, 0.3) is 0 Å². The first-order valence-corrected chi connectivity index (χ1v) is 6.73. The van der Waals surface area contributed by atoms with E-state index in [9.17, 15) is 0 Å². The summed E-state index contributed by atoms with van der Waals surface area (Å²) < 4.78 is 0. The smallest absolute Gasteiger partial charge is 0.0459 e. The van der Waals surface area contributed by atoms with Gasteiger partial charge in [-0.05, 0) is 43.4 Å². The van der Waals surface area contributed by atoms with E-state index in [2.05, 4.69) is 30.0 Å². The molecule has 0 aromatic heterocycles. The van der Waals surface area contributed by atoms with Gasteiger partial charge in [-0.3, -0.25) is 0 Å². The van der Waals surface area contributed by atoms with Crippen molar-refractivity contribution in [3.8, 4) is 0 Å². The Hall–Kier alpha value is -0.730. The van der Waals surface area contributed by atoms with Crippen molar-refractivity contribution >= 4 is 17.3 Å². The second kappa shape index (κ2) is 5.28. The quantitative estimate of drug-likeness (QED) is 0.896. The van der Waals surface area contributed by atoms with Gasteiger partial charge in [-0.15, -0.1) is 0 Å². The van der Waals surface area contributed by atoms with Crippen LogP contribution in [0.3, 0.4) is 0 Å². The first-order valence-electron chi connectivity index (χ1n) is 6.35. The van der Waals surface area contributed by atoms with Gasteiger partial charge in [0, 0.05) is 29.8 Å². The Bertz CT molecular complexity index is 390. The molecule has 0 radical (unpaired) electrons. The maximum atomic E-state index is 6.31. The van der Waals surface area contributed by atoms with E-state index >= 15 is 0 Å². The van der Waals surface area contributed by atoms with Gasteiger partial charge in [0.2, 0.25) is 0 Å². The number of halogens is 1. The molecule has 3 heteroatoms. The molecule has 2 unspecified atom stereocenters. The van der Waals surface area contributed by atoms with Crippen molar-refractivity contribution < 1.29 is 0 Å². The standard InChI is InChI=1S/C14H21ClN2/c1-10-5-6-17(9-10)13-4-3-12(7-11(2)16)14(15)8-13/h3-4,8,10-11H,5-7,9,16H2,1-2H3. The molecule has 0 amide bonds. The molecule has 2 nitrogen and oxygen atoms in total. The molecule has 17 heavy (non-hydrogen) atoms. The Morgan fingerprint density at radius 3 is 2.82 bits per heavy atom. The van der Waals surface area contributed by atoms with Crippen LogP contribution in [-0.4, -0.2) is 19.1 Å². The lowest BCUT2D eigenvalue weighted by molar-refractivity contribution is 0.659. The number of rotatable bonds is 3. The van der Waals surface area contributed by atoms with Gasteiger partial charge in [-0.1, -0.05) is 24.6 Å². The van der Waals surface area contributed by atoms with Gasteiger partial charge in [0.1, 0.15) is 0 Å². The number of nitrogens with zero attached hydrogens (tertiary/aromatic N) is 1. The summed E-state index contributed by atoms with van der Waals surface area (Å²) in [5.74, 6) is 0.789. The van der Waals surface area contributed by atoms with Gasteiger partial charge in [0.15, 0.2) is 0 Å². The number of hydrogen-bond donors (Lipinski definition) is 1. The maximum absolute atomic E-state index is 6.31. The molecule has 94 valence electrons. The van der Waals surface area contributed by atoms with Crippen LogP contribution in [0.15, 0.2) is 18.2 Å². The molecule has 1 heterocycles. The van der Waals surface area contributed by atoms with Crippen molar-refractivity contribution in [2.24, 2.45) is 11.7 Å². The Balaban J connectivity index is 2.13. The van der Waals surface area contributed by atoms with E-state index in [0.717, 1.165) is 36.0 Å². The molecular formula is C14H21ClN2. The fourth-order valence-electron chi connectivity index (χ4n) is 2.41. The predicted octanol–water partition coefficient (Wildman–Crippen LogP) is 3.08. The average molecular weight is 253 g/mol. The van der Waals surface area contributed by atoms with Crippen molar-refractivity contribution in [1.82, 2.24) is 0 Å². The molecule has 0 spiro atoms. The third-order valence-electron chi connectivity index (χ3n) is 3.37. The van der Waals surface area contributed by atoms with Crippen molar-refractivity contribution in [2.45, 2.75) is 32.7 Å². The fraction of sp³-hybridized carbons (Fsp3) is 0.571. The Labute approximate surface area is 109 Å². The lowest BCUT2D eigenvalue weighted by Gasteiger charge is -2.19. The summed E-state index contributed by atoms with van der Waals surface area (Å²) in [7, 11) is 0. The Kier molecular flexibility index (Phi) is 3.95. The second-order valence-electron chi connectivity index (χ2n) is 5.30. The van der Waals surface area contributed by atoms with Gasteiger partial charge < -0.3 is 10.6 Å². The van der Waals surface area contributed by atoms with Crippen molar-refractivity contribution in [1.29, 1.82) is 0 Å². The number of hydrogen-bond acceptors (Lipinski definition) is 2. The second-order valence-corrected chi connectivity index (χ2v) is 5.70. The SMILES string of the molecule is CC(N)Cc1ccc(N2CCC(C)C2)cc1Cl. The highest BCUT2D eigenvalue weighted by Crippen LogP contribution is 2.28. The van der Waals surface area contributed by atoms with Crippen LogP contribution < -0.4 is 10.6 Å². The van der Waals surface area contributed by atoms with Crippen molar-refractivity contribution in [2.75, 3.05) is 18.0 Å². The minimum absolute atomic E-state index is 0.158. The topological polar surface area (TPSA) is 29.3 Å². The van der Waals surface area contributed by atoms with Gasteiger partial charge in [-0.2, -0.15) is 0 Å². The third kappa shape index (κ3) is 3.14. The summed E-state index contributed by atoms with van der Waals surface area (Å²) in [5, 5.41) is 0.847. The van der Waals surface area contributed by atoms with Crippen LogP contribution in [-0.2, 0) is 6.42 Å². The van der Waals surface area contributed by atoms with E-state index in [1.165, 1.54) is 12.1 Å². The van der Waals surface area contributed by atoms with Crippen LogP contribution in [0.2, 0.25) is 5.02 Å². The van der Waals surface area contributed by atoms with E-state index in [1.807, 2.05) is 6.92 Å². The van der Waals surface area contributed by atoms with Crippen LogP contribution in [0.5, 0.6) is 0 Å². The summed E-state index contributed by atoms with van der Waals surface area (Å²) in [6, 6.07) is 6.52. The van der Waals surface area contributed by atoms with E-state index in [-0.39, 0.29) is 6.04 Å². The van der Waals surface area contributed by atoms with E-state index in [4.69, 9.17) is 17.3 Å². The average Bonchev–Trinajstić information content (AvgIpc) is 2.67. The molecule has 2 N–H and O–H groups in total. The van der Waals surface area contributed by atoms with E-state index in [0.29, 0.717) is 0 Å². The van der Waals surface area contributed by atoms with Crippen LogP contribution >= 0.6 is 11.6 Å². The van der Waals surface area contributed by atoms with Gasteiger partial charge in [0.05, 0.1) is 0 Å². The minimum Gasteiger partial charge on any atom is -0.371 e. The molecule has 1 aromatic carbocycles. The highest BCUT2D eigenvalue weighted by molar-refractivity contribution is 6.31. The molecule has 1 saturated heterocycles. The lowest BCUT2D eigenvalue weighted by atomic mass is 10.1. The van der Waals surface area contributed by atoms with Crippen molar-refractivity contribution in [3.05, 3.63) is 28.8 Å². The van der Waals surface area contributed by atoms with E-state index < -0.39 is 0 Å². The molecule has 1 aliphatic rings. The normalized spacial score (nSPS) is 21.9. The Morgan fingerprint density at radius 1 is 1.53 bits per heavy atom. The van der Waals surface area contributed by atoms with Crippen LogP contribution in [0.1, 0.15) is 25.8 Å². The molecular weight excluding hydrogens is 232 g/mol. The Morgan fingerprint density at radius 2 is 2.29 bits per heavy atom. The largest absolute Gasteiger partial charge is 0.371 e. The molecule has 1 fully saturated rings. The molecule has 0 bridgehead atoms. The first-order chi connectivity index (χ1) is 8.06. The zero-order valence-corrected chi connectivity index (χ0v) is 11.4. The highest BCUT2D eigenvalue weighted by Gasteiger charge is 2.19. The first kappa shape index (κ1) is 12.7. The van der Waals surface area contributed by atoms with Crippen molar-refractivity contribution in [3.63, 3.8) is 0 Å². The van der Waals surface area contributed by atoms with Crippen LogP contribution in [0, 0.1) is 5.92 Å². The summed E-state index contributed by atoms with van der Waals surface area (Å²) in [6.07, 6.45) is 2.12. The molecule has 0 saturated carbocycles. The summed E-state index contributed by atoms with van der Waals surface area (Å²) in [6.45, 7) is 6.59. The molecule has 2 atom stereocenters. The minimum atomic E-state index is 0.158. The summed E-state index contributed by atoms with van der Waals surface area (Å²) in [4.78, 5) is 2.41. The molecule has 2 rings (SSSR count). The number of benzene rings is 1. The fourth-order valence-corrected chi connectivity index (χ4v) is 2.67. The van der Waals surface area contributed by atoms with Crippen LogP contribution in [0.25, 0.3) is 0 Å².